The third-order valence-electron chi connectivity index (χ3n) is 4.17. The molecule has 2 aromatic rings. The molecular weight excluding hydrogens is 266 g/mol. The van der Waals surface area contributed by atoms with Crippen molar-refractivity contribution < 1.29 is 0 Å². The highest BCUT2D eigenvalue weighted by Crippen LogP contribution is 2.20. The van der Waals surface area contributed by atoms with Crippen molar-refractivity contribution in [3.8, 4) is 0 Å². The summed E-state index contributed by atoms with van der Waals surface area (Å²) in [6.45, 7) is 6.09. The van der Waals surface area contributed by atoms with Gasteiger partial charge in [-0.15, -0.1) is 0 Å². The normalized spacial score (nSPS) is 19.0. The van der Waals surface area contributed by atoms with E-state index >= 15 is 0 Å². The van der Waals surface area contributed by atoms with Gasteiger partial charge in [0.2, 0.25) is 0 Å². The first kappa shape index (κ1) is 14.1. The first-order valence-electron chi connectivity index (χ1n) is 7.78. The van der Waals surface area contributed by atoms with E-state index in [1.165, 1.54) is 0 Å². The van der Waals surface area contributed by atoms with E-state index in [9.17, 15) is 4.79 Å². The van der Waals surface area contributed by atoms with Crippen LogP contribution in [0.5, 0.6) is 0 Å². The zero-order chi connectivity index (χ0) is 14.7. The molecular formula is C15H23N5O. The fourth-order valence-corrected chi connectivity index (χ4v) is 3.00. The first-order chi connectivity index (χ1) is 10.3. The minimum atomic E-state index is 0.0187. The highest BCUT2D eigenvalue weighted by atomic mass is 16.2. The molecule has 3 rings (SSSR count). The van der Waals surface area contributed by atoms with Crippen LogP contribution in [-0.4, -0.2) is 32.0 Å². The van der Waals surface area contributed by atoms with Gasteiger partial charge in [0.15, 0.2) is 0 Å². The summed E-state index contributed by atoms with van der Waals surface area (Å²) in [6, 6.07) is 3.99. The fourth-order valence-electron chi connectivity index (χ4n) is 3.00. The number of aromatic nitrogens is 4. The Morgan fingerprint density at radius 2 is 2.14 bits per heavy atom. The standard InChI is InChI=1S/C15H23N5O/c1-2-19-14(13-6-5-7-16-12-13)17-20(15(19)21)11-10-18-8-3-4-9-18/h3-4,8-9,13,16H,2,5-7,10-12H2,1H3/t13-/m1/s1. The van der Waals surface area contributed by atoms with Gasteiger partial charge in [-0.1, -0.05) is 0 Å². The molecule has 6 nitrogen and oxygen atoms in total. The van der Waals surface area contributed by atoms with Crippen LogP contribution in [0.1, 0.15) is 31.5 Å². The van der Waals surface area contributed by atoms with E-state index in [4.69, 9.17) is 0 Å². The third-order valence-corrected chi connectivity index (χ3v) is 4.17. The smallest absolute Gasteiger partial charge is 0.345 e. The van der Waals surface area contributed by atoms with Gasteiger partial charge in [-0.05, 0) is 38.4 Å². The maximum absolute atomic E-state index is 12.5. The molecule has 0 bridgehead atoms. The summed E-state index contributed by atoms with van der Waals surface area (Å²) in [5.74, 6) is 1.31. The topological polar surface area (TPSA) is 56.8 Å². The van der Waals surface area contributed by atoms with E-state index in [-0.39, 0.29) is 5.69 Å². The van der Waals surface area contributed by atoms with E-state index in [1.807, 2.05) is 36.0 Å². The summed E-state index contributed by atoms with van der Waals surface area (Å²) in [5, 5.41) is 8.02. The molecule has 3 heterocycles. The molecule has 114 valence electrons. The monoisotopic (exact) mass is 289 g/mol. The zero-order valence-electron chi connectivity index (χ0n) is 12.5. The molecule has 21 heavy (non-hydrogen) atoms. The summed E-state index contributed by atoms with van der Waals surface area (Å²) < 4.78 is 5.51. The molecule has 0 unspecified atom stereocenters. The van der Waals surface area contributed by atoms with E-state index in [2.05, 4.69) is 15.0 Å². The van der Waals surface area contributed by atoms with Crippen molar-refractivity contribution in [2.45, 2.75) is 45.3 Å². The first-order valence-corrected chi connectivity index (χ1v) is 7.78. The SMILES string of the molecule is CCn1c([C@@H]2CCCNC2)nn(CCn2cccc2)c1=O. The molecule has 1 atom stereocenters. The Bertz CT molecular complexity index is 619. The van der Waals surface area contributed by atoms with E-state index in [0.717, 1.165) is 38.3 Å². The largest absolute Gasteiger partial charge is 0.352 e. The van der Waals surface area contributed by atoms with Gasteiger partial charge in [-0.3, -0.25) is 4.57 Å². The van der Waals surface area contributed by atoms with E-state index < -0.39 is 0 Å². The summed E-state index contributed by atoms with van der Waals surface area (Å²) in [7, 11) is 0. The number of hydrogen-bond acceptors (Lipinski definition) is 3. The molecule has 0 aromatic carbocycles. The maximum atomic E-state index is 12.5. The zero-order valence-corrected chi connectivity index (χ0v) is 12.5. The molecule has 0 amide bonds. The summed E-state index contributed by atoms with van der Waals surface area (Å²) in [4.78, 5) is 12.5. The number of piperidine rings is 1. The van der Waals surface area contributed by atoms with Crippen LogP contribution < -0.4 is 11.0 Å². The second-order valence-corrected chi connectivity index (χ2v) is 5.57. The number of nitrogens with zero attached hydrogens (tertiary/aromatic N) is 4. The lowest BCUT2D eigenvalue weighted by Crippen LogP contribution is -2.31. The second kappa shape index (κ2) is 6.30. The van der Waals surface area contributed by atoms with Crippen molar-refractivity contribution in [2.75, 3.05) is 13.1 Å². The van der Waals surface area contributed by atoms with Crippen LogP contribution in [0.4, 0.5) is 0 Å². The lowest BCUT2D eigenvalue weighted by atomic mass is 9.99. The van der Waals surface area contributed by atoms with Gasteiger partial charge in [-0.2, -0.15) is 5.10 Å². The van der Waals surface area contributed by atoms with Crippen LogP contribution in [0.3, 0.4) is 0 Å². The quantitative estimate of drug-likeness (QED) is 0.894. The van der Waals surface area contributed by atoms with Crippen molar-refractivity contribution in [3.05, 3.63) is 40.8 Å². The lowest BCUT2D eigenvalue weighted by molar-refractivity contribution is 0.429. The van der Waals surface area contributed by atoms with Crippen LogP contribution in [0, 0.1) is 0 Å². The van der Waals surface area contributed by atoms with Crippen LogP contribution in [0.2, 0.25) is 0 Å². The third kappa shape index (κ3) is 2.95. The number of aryl methyl sites for hydroxylation is 2. The highest BCUT2D eigenvalue weighted by molar-refractivity contribution is 5.00. The Labute approximate surface area is 124 Å². The molecule has 6 heteroatoms. The Balaban J connectivity index is 1.80. The average Bonchev–Trinajstić information content (AvgIpc) is 3.14. The molecule has 1 fully saturated rings. The predicted octanol–water partition coefficient (Wildman–Crippen LogP) is 1.03. The van der Waals surface area contributed by atoms with Crippen LogP contribution in [0.25, 0.3) is 0 Å². The Hall–Kier alpha value is -1.82. The fraction of sp³-hybridized carbons (Fsp3) is 0.600. The molecule has 1 saturated heterocycles. The number of rotatable bonds is 5. The molecule has 0 aliphatic carbocycles. The van der Waals surface area contributed by atoms with Gasteiger partial charge in [0, 0.05) is 37.9 Å². The molecule has 0 radical (unpaired) electrons. The molecule has 0 saturated carbocycles. The molecule has 0 spiro atoms. The highest BCUT2D eigenvalue weighted by Gasteiger charge is 2.23. The molecule has 1 aliphatic heterocycles. The van der Waals surface area contributed by atoms with Gasteiger partial charge in [-0.25, -0.2) is 9.48 Å². The molecule has 1 N–H and O–H groups in total. The van der Waals surface area contributed by atoms with Crippen molar-refractivity contribution in [1.82, 2.24) is 24.2 Å². The van der Waals surface area contributed by atoms with Crippen LogP contribution in [0.15, 0.2) is 29.3 Å². The van der Waals surface area contributed by atoms with Crippen LogP contribution >= 0.6 is 0 Å². The Morgan fingerprint density at radius 1 is 1.33 bits per heavy atom. The van der Waals surface area contributed by atoms with Crippen molar-refractivity contribution in [1.29, 1.82) is 0 Å². The van der Waals surface area contributed by atoms with Gasteiger partial charge in [0.05, 0.1) is 6.54 Å². The molecule has 1 aliphatic rings. The average molecular weight is 289 g/mol. The van der Waals surface area contributed by atoms with E-state index in [0.29, 0.717) is 19.0 Å². The minimum Gasteiger partial charge on any atom is -0.352 e. The molecule has 2 aromatic heterocycles. The summed E-state index contributed by atoms with van der Waals surface area (Å²) >= 11 is 0. The van der Waals surface area contributed by atoms with Gasteiger partial charge >= 0.3 is 5.69 Å². The van der Waals surface area contributed by atoms with Crippen LogP contribution in [-0.2, 0) is 19.6 Å². The van der Waals surface area contributed by atoms with Crippen molar-refractivity contribution in [2.24, 2.45) is 0 Å². The Kier molecular flexibility index (Phi) is 4.24. The number of nitrogens with one attached hydrogen (secondary N) is 1. The van der Waals surface area contributed by atoms with Crippen molar-refractivity contribution in [3.63, 3.8) is 0 Å². The maximum Gasteiger partial charge on any atom is 0.345 e. The summed E-state index contributed by atoms with van der Waals surface area (Å²) in [6.07, 6.45) is 6.28. The Morgan fingerprint density at radius 3 is 2.81 bits per heavy atom. The van der Waals surface area contributed by atoms with Gasteiger partial charge in [0.1, 0.15) is 5.82 Å². The predicted molar refractivity (Wildman–Crippen MR) is 81.4 cm³/mol. The summed E-state index contributed by atoms with van der Waals surface area (Å²) in [5.41, 5.74) is 0.0187. The second-order valence-electron chi connectivity index (χ2n) is 5.57. The van der Waals surface area contributed by atoms with Crippen molar-refractivity contribution >= 4 is 0 Å². The number of hydrogen-bond donors (Lipinski definition) is 1. The van der Waals surface area contributed by atoms with E-state index in [1.54, 1.807) is 4.68 Å². The minimum absolute atomic E-state index is 0.0187. The van der Waals surface area contributed by atoms with Gasteiger partial charge in [0.25, 0.3) is 0 Å². The van der Waals surface area contributed by atoms with Gasteiger partial charge < -0.3 is 9.88 Å². The lowest BCUT2D eigenvalue weighted by Gasteiger charge is -2.21.